The third-order valence-electron chi connectivity index (χ3n) is 4.49. The Morgan fingerprint density at radius 1 is 1.06 bits per heavy atom. The molecule has 4 rings (SSSR count). The Morgan fingerprint density at radius 3 is 2.58 bits per heavy atom. The van der Waals surface area contributed by atoms with Crippen LogP contribution in [-0.4, -0.2) is 22.4 Å². The molecule has 0 unspecified atom stereocenters. The fourth-order valence-electron chi connectivity index (χ4n) is 3.18. The van der Waals surface area contributed by atoms with Crippen molar-refractivity contribution in [3.05, 3.63) is 72.6 Å². The minimum absolute atomic E-state index is 0.306. The number of fused-ring (bicyclic) bond motifs is 1. The summed E-state index contributed by atoms with van der Waals surface area (Å²) in [7, 11) is 0. The van der Waals surface area contributed by atoms with Crippen molar-refractivity contribution in [2.45, 2.75) is 13.3 Å². The van der Waals surface area contributed by atoms with E-state index in [1.165, 1.54) is 12.1 Å². The van der Waals surface area contributed by atoms with Crippen molar-refractivity contribution in [1.29, 1.82) is 0 Å². The molecule has 3 N–H and O–H groups in total. The molecule has 0 aliphatic heterocycles. The lowest BCUT2D eigenvalue weighted by atomic mass is 10.1. The van der Waals surface area contributed by atoms with E-state index in [1.807, 2.05) is 31.3 Å². The van der Waals surface area contributed by atoms with E-state index >= 15 is 0 Å². The van der Waals surface area contributed by atoms with Gasteiger partial charge in [0.15, 0.2) is 0 Å². The first-order valence-corrected chi connectivity index (χ1v) is 9.25. The number of amides is 2. The van der Waals surface area contributed by atoms with Crippen LogP contribution in [0.2, 0.25) is 0 Å². The van der Waals surface area contributed by atoms with Crippen LogP contribution in [0.4, 0.5) is 29.3 Å². The Morgan fingerprint density at radius 2 is 1.84 bits per heavy atom. The number of rotatable bonds is 4. The van der Waals surface area contributed by atoms with Crippen LogP contribution in [0.3, 0.4) is 0 Å². The maximum absolute atomic E-state index is 12.5. The maximum Gasteiger partial charge on any atom is 0.573 e. The van der Waals surface area contributed by atoms with Crippen molar-refractivity contribution in [2.75, 3.05) is 10.6 Å². The van der Waals surface area contributed by atoms with Crippen LogP contribution in [-0.2, 0) is 0 Å². The summed E-state index contributed by atoms with van der Waals surface area (Å²) in [5, 5.41) is 6.29. The van der Waals surface area contributed by atoms with E-state index in [0.717, 1.165) is 34.2 Å². The number of hydrogen-bond acceptors (Lipinski definition) is 3. The van der Waals surface area contributed by atoms with Crippen LogP contribution >= 0.6 is 0 Å². The molecule has 0 fully saturated rings. The maximum atomic E-state index is 12.5. The van der Waals surface area contributed by atoms with E-state index in [4.69, 9.17) is 0 Å². The van der Waals surface area contributed by atoms with Crippen LogP contribution in [0.1, 0.15) is 5.56 Å². The molecule has 0 aliphatic rings. The molecule has 0 bridgehead atoms. The molecule has 4 aromatic rings. The summed E-state index contributed by atoms with van der Waals surface area (Å²) in [6, 6.07) is 13.7. The highest BCUT2D eigenvalue weighted by Gasteiger charge is 2.31. The number of hydrogen-bond donors (Lipinski definition) is 3. The molecule has 6 nitrogen and oxygen atoms in total. The van der Waals surface area contributed by atoms with Gasteiger partial charge in [0.1, 0.15) is 5.75 Å². The molecule has 158 valence electrons. The number of H-pyrrole nitrogens is 1. The number of urea groups is 1. The second-order valence-corrected chi connectivity index (χ2v) is 6.80. The first kappa shape index (κ1) is 20.3. The molecule has 2 aromatic carbocycles. The van der Waals surface area contributed by atoms with E-state index in [9.17, 15) is 18.0 Å². The smallest absolute Gasteiger partial charge is 0.406 e. The van der Waals surface area contributed by atoms with Crippen molar-refractivity contribution in [1.82, 2.24) is 9.97 Å². The van der Waals surface area contributed by atoms with Gasteiger partial charge in [-0.2, -0.15) is 0 Å². The van der Waals surface area contributed by atoms with Gasteiger partial charge in [0.2, 0.25) is 0 Å². The zero-order valence-electron chi connectivity index (χ0n) is 16.2. The first-order valence-electron chi connectivity index (χ1n) is 9.25. The number of carbonyl (C=O) groups is 1. The average molecular weight is 426 g/mol. The number of ether oxygens (including phenoxy) is 1. The van der Waals surface area contributed by atoms with E-state index in [-0.39, 0.29) is 5.75 Å². The summed E-state index contributed by atoms with van der Waals surface area (Å²) in [5.41, 5.74) is 4.25. The minimum atomic E-state index is -4.77. The van der Waals surface area contributed by atoms with E-state index in [1.54, 1.807) is 18.3 Å². The molecule has 0 aliphatic carbocycles. The van der Waals surface area contributed by atoms with Crippen LogP contribution in [0.5, 0.6) is 5.75 Å². The monoisotopic (exact) mass is 426 g/mol. The Balaban J connectivity index is 1.52. The van der Waals surface area contributed by atoms with Gasteiger partial charge in [0, 0.05) is 34.5 Å². The van der Waals surface area contributed by atoms with Gasteiger partial charge in [-0.1, -0.05) is 11.6 Å². The van der Waals surface area contributed by atoms with Crippen molar-refractivity contribution < 1.29 is 22.7 Å². The number of aryl methyl sites for hydroxylation is 1. The Bertz CT molecular complexity index is 1230. The number of aromatic amines is 1. The molecule has 2 heterocycles. The summed E-state index contributed by atoms with van der Waals surface area (Å²) in [4.78, 5) is 20.1. The number of carbonyl (C=O) groups excluding carboxylic acids is 1. The van der Waals surface area contributed by atoms with Gasteiger partial charge >= 0.3 is 12.4 Å². The van der Waals surface area contributed by atoms with Gasteiger partial charge in [-0.15, -0.1) is 13.2 Å². The second-order valence-electron chi connectivity index (χ2n) is 6.80. The third-order valence-corrected chi connectivity index (χ3v) is 4.49. The molecule has 2 amide bonds. The first-order chi connectivity index (χ1) is 14.8. The zero-order valence-corrected chi connectivity index (χ0v) is 16.2. The van der Waals surface area contributed by atoms with Gasteiger partial charge < -0.3 is 20.4 Å². The molecule has 31 heavy (non-hydrogen) atoms. The summed E-state index contributed by atoms with van der Waals surface area (Å²) in [6.45, 7) is 1.99. The molecule has 0 saturated heterocycles. The molecular weight excluding hydrogens is 409 g/mol. The van der Waals surface area contributed by atoms with Crippen LogP contribution in [0, 0.1) is 6.92 Å². The SMILES string of the molecule is Cc1ccc2[nH]cc(-c3ncccc3NC(=O)Nc3ccc(OC(F)(F)F)cc3)c2c1. The van der Waals surface area contributed by atoms with E-state index in [0.29, 0.717) is 17.1 Å². The number of anilines is 2. The molecule has 0 atom stereocenters. The molecule has 0 spiro atoms. The lowest BCUT2D eigenvalue weighted by Gasteiger charge is -2.12. The number of aromatic nitrogens is 2. The topological polar surface area (TPSA) is 79.0 Å². The van der Waals surface area contributed by atoms with E-state index in [2.05, 4.69) is 25.3 Å². The summed E-state index contributed by atoms with van der Waals surface area (Å²) in [5.74, 6) is -0.373. The van der Waals surface area contributed by atoms with Gasteiger partial charge in [0.25, 0.3) is 0 Å². The summed E-state index contributed by atoms with van der Waals surface area (Å²) < 4.78 is 40.6. The van der Waals surface area contributed by atoms with Gasteiger partial charge in [-0.3, -0.25) is 4.98 Å². The fraction of sp³-hybridized carbons (Fsp3) is 0.0909. The summed E-state index contributed by atoms with van der Waals surface area (Å²) in [6.07, 6.45) is -1.31. The largest absolute Gasteiger partial charge is 0.573 e. The summed E-state index contributed by atoms with van der Waals surface area (Å²) >= 11 is 0. The quantitative estimate of drug-likeness (QED) is 0.370. The van der Waals surface area contributed by atoms with Crippen LogP contribution < -0.4 is 15.4 Å². The number of halogens is 3. The number of nitrogens with zero attached hydrogens (tertiary/aromatic N) is 1. The number of alkyl halides is 3. The van der Waals surface area contributed by atoms with Gasteiger partial charge in [-0.05, 0) is 55.5 Å². The second kappa shape index (κ2) is 8.02. The number of nitrogens with one attached hydrogen (secondary N) is 3. The molecular formula is C22H17F3N4O2. The number of pyridine rings is 1. The molecule has 2 aromatic heterocycles. The Kier molecular flexibility index (Phi) is 5.24. The van der Waals surface area contributed by atoms with E-state index < -0.39 is 12.4 Å². The zero-order chi connectivity index (χ0) is 22.0. The predicted molar refractivity (Wildman–Crippen MR) is 112 cm³/mol. The predicted octanol–water partition coefficient (Wildman–Crippen LogP) is 6.08. The van der Waals surface area contributed by atoms with Crippen molar-refractivity contribution in [2.24, 2.45) is 0 Å². The lowest BCUT2D eigenvalue weighted by Crippen LogP contribution is -2.20. The van der Waals surface area contributed by atoms with Crippen LogP contribution in [0.15, 0.2) is 67.0 Å². The molecule has 9 heteroatoms. The number of benzene rings is 2. The standard InChI is InChI=1S/C22H17F3N4O2/c1-13-4-9-18-16(11-13)17(12-27-18)20-19(3-2-10-26-20)29-21(30)28-14-5-7-15(8-6-14)31-22(23,24)25/h2-12,27H,1H3,(H2,28,29,30). The normalized spacial score (nSPS) is 11.4. The van der Waals surface area contributed by atoms with Crippen LogP contribution in [0.25, 0.3) is 22.2 Å². The highest BCUT2D eigenvalue weighted by atomic mass is 19.4. The van der Waals surface area contributed by atoms with Crippen molar-refractivity contribution in [3.63, 3.8) is 0 Å². The molecule has 0 radical (unpaired) electrons. The Labute approximate surface area is 175 Å². The highest BCUT2D eigenvalue weighted by molar-refractivity contribution is 6.04. The van der Waals surface area contributed by atoms with Gasteiger partial charge in [-0.25, -0.2) is 4.79 Å². The Hall–Kier alpha value is -4.01. The minimum Gasteiger partial charge on any atom is -0.406 e. The fourth-order valence-corrected chi connectivity index (χ4v) is 3.18. The average Bonchev–Trinajstić information content (AvgIpc) is 3.11. The lowest BCUT2D eigenvalue weighted by molar-refractivity contribution is -0.274. The highest BCUT2D eigenvalue weighted by Crippen LogP contribution is 2.32. The van der Waals surface area contributed by atoms with Gasteiger partial charge in [0.05, 0.1) is 11.4 Å². The third kappa shape index (κ3) is 4.77. The molecule has 0 saturated carbocycles. The van der Waals surface area contributed by atoms with Crippen molar-refractivity contribution in [3.8, 4) is 17.0 Å². The van der Waals surface area contributed by atoms with Crippen molar-refractivity contribution >= 4 is 28.3 Å².